The number of nitrogens with one attached hydrogen (secondary N) is 1. The van der Waals surface area contributed by atoms with E-state index in [4.69, 9.17) is 0 Å². The topological polar surface area (TPSA) is 52.7 Å². The van der Waals surface area contributed by atoms with Gasteiger partial charge in [0.05, 0.1) is 12.0 Å². The van der Waals surface area contributed by atoms with Gasteiger partial charge in [0, 0.05) is 23.0 Å². The molecular formula is C26H35N3O2S. The summed E-state index contributed by atoms with van der Waals surface area (Å²) < 4.78 is 0. The van der Waals surface area contributed by atoms with Gasteiger partial charge in [-0.15, -0.1) is 11.3 Å². The first-order chi connectivity index (χ1) is 15.7. The lowest BCUT2D eigenvalue weighted by Crippen LogP contribution is -2.50. The molecule has 5 nitrogen and oxygen atoms in total. The molecule has 0 spiro atoms. The number of benzene rings is 1. The summed E-state index contributed by atoms with van der Waals surface area (Å²) in [5.41, 5.74) is 1.56. The van der Waals surface area contributed by atoms with Crippen LogP contribution >= 0.6 is 11.3 Å². The van der Waals surface area contributed by atoms with Crippen molar-refractivity contribution >= 4 is 23.2 Å². The van der Waals surface area contributed by atoms with Crippen LogP contribution in [0, 0.1) is 0 Å². The number of hydrogen-bond donors (Lipinski definition) is 1. The standard InChI is InChI=1S/C26H35N3O2S/c1-3-28(4-2)17-10-16-27-25(30)23-20-13-7-8-14-21(20)26(31)29(19-11-5-6-12-19)24(23)22-15-9-18-32-22/h7-9,13-15,18-19,23-24H,3-6,10-12,16-17H2,1-2H3,(H,27,30). The lowest BCUT2D eigenvalue weighted by Gasteiger charge is -2.44. The van der Waals surface area contributed by atoms with E-state index in [-0.39, 0.29) is 29.8 Å². The molecule has 2 aromatic rings. The van der Waals surface area contributed by atoms with Crippen molar-refractivity contribution in [2.45, 2.75) is 64.0 Å². The Labute approximate surface area is 195 Å². The Hall–Kier alpha value is -2.18. The van der Waals surface area contributed by atoms with E-state index in [1.807, 2.05) is 35.7 Å². The number of amides is 2. The number of nitrogens with zero attached hydrogens (tertiary/aromatic N) is 2. The Kier molecular flexibility index (Phi) is 7.63. The highest BCUT2D eigenvalue weighted by molar-refractivity contribution is 7.10. The van der Waals surface area contributed by atoms with E-state index in [2.05, 4.69) is 35.0 Å². The van der Waals surface area contributed by atoms with Crippen LogP contribution in [0.15, 0.2) is 41.8 Å². The number of hydrogen-bond acceptors (Lipinski definition) is 4. The summed E-state index contributed by atoms with van der Waals surface area (Å²) in [5, 5.41) is 5.26. The highest BCUT2D eigenvalue weighted by Crippen LogP contribution is 2.47. The number of thiophene rings is 1. The van der Waals surface area contributed by atoms with Gasteiger partial charge in [-0.1, -0.05) is 51.0 Å². The van der Waals surface area contributed by atoms with Crippen LogP contribution in [0.5, 0.6) is 0 Å². The molecule has 2 heterocycles. The number of rotatable bonds is 9. The van der Waals surface area contributed by atoms with Crippen molar-refractivity contribution in [2.75, 3.05) is 26.2 Å². The quantitative estimate of drug-likeness (QED) is 0.554. The predicted molar refractivity (Wildman–Crippen MR) is 130 cm³/mol. The third kappa shape index (κ3) is 4.62. The van der Waals surface area contributed by atoms with Gasteiger partial charge >= 0.3 is 0 Å². The van der Waals surface area contributed by atoms with Crippen molar-refractivity contribution in [2.24, 2.45) is 0 Å². The van der Waals surface area contributed by atoms with Gasteiger partial charge in [0.2, 0.25) is 5.91 Å². The summed E-state index contributed by atoms with van der Waals surface area (Å²) in [7, 11) is 0. The van der Waals surface area contributed by atoms with Crippen LogP contribution in [0.25, 0.3) is 0 Å². The molecule has 32 heavy (non-hydrogen) atoms. The minimum absolute atomic E-state index is 0.0332. The number of carbonyl (C=O) groups excluding carboxylic acids is 2. The van der Waals surface area contributed by atoms with E-state index in [0.717, 1.165) is 62.2 Å². The molecule has 0 radical (unpaired) electrons. The van der Waals surface area contributed by atoms with Crippen LogP contribution < -0.4 is 5.32 Å². The molecule has 1 saturated carbocycles. The zero-order chi connectivity index (χ0) is 22.5. The fraction of sp³-hybridized carbons (Fsp3) is 0.538. The van der Waals surface area contributed by atoms with Crippen molar-refractivity contribution in [3.05, 3.63) is 57.8 Å². The molecule has 0 bridgehead atoms. The molecule has 1 aromatic carbocycles. The largest absolute Gasteiger partial charge is 0.355 e. The van der Waals surface area contributed by atoms with Crippen molar-refractivity contribution < 1.29 is 9.59 Å². The fourth-order valence-electron chi connectivity index (χ4n) is 5.34. The Morgan fingerprint density at radius 2 is 1.88 bits per heavy atom. The molecule has 2 amide bonds. The zero-order valence-electron chi connectivity index (χ0n) is 19.3. The van der Waals surface area contributed by atoms with Gasteiger partial charge in [0.1, 0.15) is 0 Å². The van der Waals surface area contributed by atoms with Gasteiger partial charge in [-0.2, -0.15) is 0 Å². The lowest BCUT2D eigenvalue weighted by molar-refractivity contribution is -0.124. The molecule has 2 aliphatic rings. The summed E-state index contributed by atoms with van der Waals surface area (Å²) in [6, 6.07) is 11.8. The van der Waals surface area contributed by atoms with Gasteiger partial charge in [-0.25, -0.2) is 0 Å². The second-order valence-electron chi connectivity index (χ2n) is 8.85. The summed E-state index contributed by atoms with van der Waals surface area (Å²) in [4.78, 5) is 32.9. The molecule has 1 N–H and O–H groups in total. The molecule has 172 valence electrons. The van der Waals surface area contributed by atoms with Gasteiger partial charge in [-0.3, -0.25) is 9.59 Å². The average molecular weight is 454 g/mol. The average Bonchev–Trinajstić information content (AvgIpc) is 3.53. The first-order valence-corrected chi connectivity index (χ1v) is 13.0. The first-order valence-electron chi connectivity index (χ1n) is 12.1. The predicted octanol–water partition coefficient (Wildman–Crippen LogP) is 4.82. The Balaban J connectivity index is 1.63. The molecule has 2 unspecified atom stereocenters. The van der Waals surface area contributed by atoms with E-state index < -0.39 is 0 Å². The van der Waals surface area contributed by atoms with E-state index in [0.29, 0.717) is 12.1 Å². The molecule has 0 saturated heterocycles. The Morgan fingerprint density at radius 3 is 2.56 bits per heavy atom. The van der Waals surface area contributed by atoms with Crippen molar-refractivity contribution in [1.29, 1.82) is 0 Å². The smallest absolute Gasteiger partial charge is 0.254 e. The molecule has 4 rings (SSSR count). The summed E-state index contributed by atoms with van der Waals surface area (Å²) >= 11 is 1.65. The minimum atomic E-state index is -0.378. The molecular weight excluding hydrogens is 418 g/mol. The Morgan fingerprint density at radius 1 is 1.12 bits per heavy atom. The van der Waals surface area contributed by atoms with Gasteiger partial charge in [0.15, 0.2) is 0 Å². The van der Waals surface area contributed by atoms with Crippen LogP contribution in [-0.4, -0.2) is 53.8 Å². The molecule has 1 fully saturated rings. The molecule has 1 aromatic heterocycles. The lowest BCUT2D eigenvalue weighted by atomic mass is 9.80. The minimum Gasteiger partial charge on any atom is -0.355 e. The molecule has 6 heteroatoms. The van der Waals surface area contributed by atoms with Crippen LogP contribution in [0.2, 0.25) is 0 Å². The monoisotopic (exact) mass is 453 g/mol. The highest BCUT2D eigenvalue weighted by Gasteiger charge is 2.47. The second-order valence-corrected chi connectivity index (χ2v) is 9.83. The van der Waals surface area contributed by atoms with Crippen molar-refractivity contribution in [3.63, 3.8) is 0 Å². The van der Waals surface area contributed by atoms with Crippen LogP contribution in [0.3, 0.4) is 0 Å². The van der Waals surface area contributed by atoms with E-state index in [1.165, 1.54) is 0 Å². The second kappa shape index (κ2) is 10.6. The molecule has 1 aliphatic carbocycles. The third-order valence-corrected chi connectivity index (χ3v) is 8.00. The van der Waals surface area contributed by atoms with E-state index >= 15 is 0 Å². The van der Waals surface area contributed by atoms with Crippen LogP contribution in [0.4, 0.5) is 0 Å². The molecule has 1 aliphatic heterocycles. The summed E-state index contributed by atoms with van der Waals surface area (Å²) in [6.07, 6.45) is 5.27. The van der Waals surface area contributed by atoms with Crippen LogP contribution in [0.1, 0.15) is 78.7 Å². The summed E-state index contributed by atoms with van der Waals surface area (Å²) in [5.74, 6) is -0.265. The maximum absolute atomic E-state index is 13.7. The van der Waals surface area contributed by atoms with E-state index in [9.17, 15) is 9.59 Å². The maximum Gasteiger partial charge on any atom is 0.254 e. The first kappa shape index (κ1) is 23.0. The fourth-order valence-corrected chi connectivity index (χ4v) is 6.20. The maximum atomic E-state index is 13.7. The van der Waals surface area contributed by atoms with Gasteiger partial charge in [-0.05, 0) is 62.0 Å². The Bertz CT molecular complexity index is 904. The SMILES string of the molecule is CCN(CC)CCCNC(=O)C1c2ccccc2C(=O)N(C2CCCC2)C1c1cccs1. The van der Waals surface area contributed by atoms with Gasteiger partial charge < -0.3 is 15.1 Å². The normalized spacial score (nSPS) is 21.2. The molecule has 2 atom stereocenters. The van der Waals surface area contributed by atoms with Gasteiger partial charge in [0.25, 0.3) is 5.91 Å². The zero-order valence-corrected chi connectivity index (χ0v) is 20.1. The number of fused-ring (bicyclic) bond motifs is 1. The third-order valence-electron chi connectivity index (χ3n) is 7.06. The highest BCUT2D eigenvalue weighted by atomic mass is 32.1. The summed E-state index contributed by atoms with van der Waals surface area (Å²) in [6.45, 7) is 8.03. The van der Waals surface area contributed by atoms with E-state index in [1.54, 1.807) is 11.3 Å². The van der Waals surface area contributed by atoms with Crippen LogP contribution in [-0.2, 0) is 4.79 Å². The number of carbonyl (C=O) groups is 2. The van der Waals surface area contributed by atoms with Crippen molar-refractivity contribution in [1.82, 2.24) is 15.1 Å². The van der Waals surface area contributed by atoms with Crippen molar-refractivity contribution in [3.8, 4) is 0 Å².